The Hall–Kier alpha value is -2.54. The van der Waals surface area contributed by atoms with Gasteiger partial charge in [0.15, 0.2) is 12.4 Å². The van der Waals surface area contributed by atoms with E-state index in [4.69, 9.17) is 10.6 Å². The molecule has 0 radical (unpaired) electrons. The molecule has 1 saturated heterocycles. The summed E-state index contributed by atoms with van der Waals surface area (Å²) in [5, 5.41) is 8.52. The summed E-state index contributed by atoms with van der Waals surface area (Å²) in [5.74, 6) is 0.00805. The Bertz CT molecular complexity index is 752. The number of carbonyl (C=O) groups is 1. The van der Waals surface area contributed by atoms with Crippen LogP contribution in [0.3, 0.4) is 0 Å². The Kier molecular flexibility index (Phi) is 5.55. The first-order valence-corrected chi connectivity index (χ1v) is 9.16. The van der Waals surface area contributed by atoms with Crippen LogP contribution in [0.5, 0.6) is 0 Å². The van der Waals surface area contributed by atoms with Crippen LogP contribution in [0.1, 0.15) is 23.3 Å². The molecule has 25 heavy (non-hydrogen) atoms. The largest absolute Gasteiger partial charge is 0.384 e. The lowest BCUT2D eigenvalue weighted by molar-refractivity contribution is -0.120. The van der Waals surface area contributed by atoms with Crippen molar-refractivity contribution in [2.75, 3.05) is 29.9 Å². The van der Waals surface area contributed by atoms with Crippen LogP contribution in [0.4, 0.5) is 11.4 Å². The number of nitrogens with zero attached hydrogens (tertiary/aromatic N) is 2. The zero-order chi connectivity index (χ0) is 17.6. The third-order valence-electron chi connectivity index (χ3n) is 4.09. The molecular weight excluding hydrogens is 336 g/mol. The SMILES string of the molecule is Cc1cc(N2CCCC2)ccc1NC(=O)CO/N=C(\N)c1cccs1. The highest BCUT2D eigenvalue weighted by atomic mass is 32.1. The summed E-state index contributed by atoms with van der Waals surface area (Å²) < 4.78 is 0. The summed E-state index contributed by atoms with van der Waals surface area (Å²) in [6.45, 7) is 4.01. The Labute approximate surface area is 151 Å². The molecule has 1 aromatic carbocycles. The Morgan fingerprint density at radius 3 is 2.84 bits per heavy atom. The Morgan fingerprint density at radius 2 is 2.16 bits per heavy atom. The van der Waals surface area contributed by atoms with E-state index in [1.165, 1.54) is 29.9 Å². The molecule has 7 heteroatoms. The zero-order valence-corrected chi connectivity index (χ0v) is 15.0. The van der Waals surface area contributed by atoms with Crippen molar-refractivity contribution < 1.29 is 9.63 Å². The van der Waals surface area contributed by atoms with Crippen LogP contribution in [0.2, 0.25) is 0 Å². The topological polar surface area (TPSA) is 80.0 Å². The van der Waals surface area contributed by atoms with Gasteiger partial charge in [-0.3, -0.25) is 4.79 Å². The number of carbonyl (C=O) groups excluding carboxylic acids is 1. The van der Waals surface area contributed by atoms with Crippen molar-refractivity contribution in [1.29, 1.82) is 0 Å². The number of amides is 1. The smallest absolute Gasteiger partial charge is 0.265 e. The van der Waals surface area contributed by atoms with E-state index in [0.29, 0.717) is 0 Å². The highest BCUT2D eigenvalue weighted by Crippen LogP contribution is 2.25. The summed E-state index contributed by atoms with van der Waals surface area (Å²) in [5.41, 5.74) is 8.80. The number of oxime groups is 1. The standard InChI is InChI=1S/C18H22N4O2S/c1-13-11-14(22-8-2-3-9-22)6-7-15(13)20-17(23)12-24-21-18(19)16-5-4-10-25-16/h4-7,10-11H,2-3,8-9,12H2,1H3,(H2,19,21)(H,20,23). The van der Waals surface area contributed by atoms with Gasteiger partial charge in [0.1, 0.15) is 0 Å². The first-order valence-electron chi connectivity index (χ1n) is 8.28. The second-order valence-corrected chi connectivity index (χ2v) is 6.92. The van der Waals surface area contributed by atoms with E-state index in [1.54, 1.807) is 0 Å². The first kappa shape index (κ1) is 17.3. The fraction of sp³-hybridized carbons (Fsp3) is 0.333. The number of amidine groups is 1. The van der Waals surface area contributed by atoms with Crippen molar-refractivity contribution >= 4 is 34.5 Å². The molecule has 1 amide bonds. The van der Waals surface area contributed by atoms with Crippen molar-refractivity contribution in [2.24, 2.45) is 10.9 Å². The maximum Gasteiger partial charge on any atom is 0.265 e. The van der Waals surface area contributed by atoms with Crippen LogP contribution in [0.25, 0.3) is 0 Å². The summed E-state index contributed by atoms with van der Waals surface area (Å²) in [7, 11) is 0. The summed E-state index contributed by atoms with van der Waals surface area (Å²) >= 11 is 1.47. The van der Waals surface area contributed by atoms with Crippen molar-refractivity contribution in [3.8, 4) is 0 Å². The molecule has 0 saturated carbocycles. The van der Waals surface area contributed by atoms with E-state index in [0.717, 1.165) is 29.2 Å². The minimum Gasteiger partial charge on any atom is -0.384 e. The van der Waals surface area contributed by atoms with E-state index in [1.807, 2.05) is 36.6 Å². The van der Waals surface area contributed by atoms with Gasteiger partial charge in [0.2, 0.25) is 0 Å². The third-order valence-corrected chi connectivity index (χ3v) is 4.98. The predicted molar refractivity (Wildman–Crippen MR) is 102 cm³/mol. The van der Waals surface area contributed by atoms with Gasteiger partial charge in [-0.1, -0.05) is 11.2 Å². The zero-order valence-electron chi connectivity index (χ0n) is 14.2. The van der Waals surface area contributed by atoms with Gasteiger partial charge < -0.3 is 20.8 Å². The number of nitrogens with two attached hydrogens (primary N) is 1. The van der Waals surface area contributed by atoms with Crippen molar-refractivity contribution in [1.82, 2.24) is 0 Å². The minimum absolute atomic E-state index is 0.181. The number of aryl methyl sites for hydroxylation is 1. The molecule has 1 aliphatic heterocycles. The maximum absolute atomic E-state index is 12.0. The van der Waals surface area contributed by atoms with Crippen molar-refractivity contribution in [3.63, 3.8) is 0 Å². The van der Waals surface area contributed by atoms with Crippen LogP contribution in [-0.2, 0) is 9.63 Å². The van der Waals surface area contributed by atoms with Crippen LogP contribution >= 0.6 is 11.3 Å². The highest BCUT2D eigenvalue weighted by Gasteiger charge is 2.13. The van der Waals surface area contributed by atoms with Crippen LogP contribution in [-0.4, -0.2) is 31.4 Å². The molecule has 0 aliphatic carbocycles. The fourth-order valence-corrected chi connectivity index (χ4v) is 3.40. The quantitative estimate of drug-likeness (QED) is 0.473. The van der Waals surface area contributed by atoms with Gasteiger partial charge in [-0.25, -0.2) is 0 Å². The Balaban J connectivity index is 1.53. The number of hydrogen-bond donors (Lipinski definition) is 2. The first-order chi connectivity index (χ1) is 12.1. The molecule has 132 valence electrons. The van der Waals surface area contributed by atoms with Gasteiger partial charge in [0.25, 0.3) is 5.91 Å². The second-order valence-electron chi connectivity index (χ2n) is 5.97. The van der Waals surface area contributed by atoms with E-state index >= 15 is 0 Å². The van der Waals surface area contributed by atoms with Crippen molar-refractivity contribution in [3.05, 3.63) is 46.2 Å². The van der Waals surface area contributed by atoms with Crippen LogP contribution in [0.15, 0.2) is 40.9 Å². The molecule has 2 aromatic rings. The van der Waals surface area contributed by atoms with Gasteiger partial charge in [-0.2, -0.15) is 0 Å². The summed E-state index contributed by atoms with van der Waals surface area (Å²) in [6.07, 6.45) is 2.48. The van der Waals surface area contributed by atoms with E-state index in [-0.39, 0.29) is 18.3 Å². The van der Waals surface area contributed by atoms with Gasteiger partial charge in [0, 0.05) is 24.5 Å². The van der Waals surface area contributed by atoms with Gasteiger partial charge in [-0.15, -0.1) is 11.3 Å². The average Bonchev–Trinajstić information content (AvgIpc) is 3.30. The normalized spacial score (nSPS) is 14.6. The molecule has 1 aliphatic rings. The predicted octanol–water partition coefficient (Wildman–Crippen LogP) is 2.93. The van der Waals surface area contributed by atoms with Crippen LogP contribution in [0, 0.1) is 6.92 Å². The second kappa shape index (κ2) is 8.02. The minimum atomic E-state index is -0.264. The molecule has 3 N–H and O–H groups in total. The Morgan fingerprint density at radius 1 is 1.36 bits per heavy atom. The van der Waals surface area contributed by atoms with E-state index in [2.05, 4.69) is 21.4 Å². The number of thiophene rings is 1. The molecule has 0 bridgehead atoms. The maximum atomic E-state index is 12.0. The number of anilines is 2. The molecule has 1 aromatic heterocycles. The molecule has 0 atom stereocenters. The van der Waals surface area contributed by atoms with Gasteiger partial charge in [0.05, 0.1) is 4.88 Å². The molecule has 0 unspecified atom stereocenters. The molecule has 0 spiro atoms. The van der Waals surface area contributed by atoms with Gasteiger partial charge >= 0.3 is 0 Å². The third kappa shape index (κ3) is 4.51. The van der Waals surface area contributed by atoms with Gasteiger partial charge in [-0.05, 0) is 55.0 Å². The fourth-order valence-electron chi connectivity index (χ4n) is 2.78. The molecule has 6 nitrogen and oxygen atoms in total. The summed E-state index contributed by atoms with van der Waals surface area (Å²) in [4.78, 5) is 20.2. The van der Waals surface area contributed by atoms with Crippen LogP contribution < -0.4 is 16.0 Å². The lowest BCUT2D eigenvalue weighted by Crippen LogP contribution is -2.20. The number of hydrogen-bond acceptors (Lipinski definition) is 5. The molecular formula is C18H22N4O2S. The number of rotatable bonds is 6. The monoisotopic (exact) mass is 358 g/mol. The molecule has 2 heterocycles. The van der Waals surface area contributed by atoms with E-state index in [9.17, 15) is 4.79 Å². The molecule has 3 rings (SSSR count). The molecule has 1 fully saturated rings. The number of nitrogens with one attached hydrogen (secondary N) is 1. The number of benzene rings is 1. The van der Waals surface area contributed by atoms with Crippen molar-refractivity contribution in [2.45, 2.75) is 19.8 Å². The van der Waals surface area contributed by atoms with E-state index < -0.39 is 0 Å². The highest BCUT2D eigenvalue weighted by molar-refractivity contribution is 7.12. The average molecular weight is 358 g/mol. The lowest BCUT2D eigenvalue weighted by Gasteiger charge is -2.19. The lowest BCUT2D eigenvalue weighted by atomic mass is 10.1. The summed E-state index contributed by atoms with van der Waals surface area (Å²) in [6, 6.07) is 9.81.